The Morgan fingerprint density at radius 1 is 1.32 bits per heavy atom. The van der Waals surface area contributed by atoms with Crippen molar-refractivity contribution in [2.45, 2.75) is 43.3 Å². The number of aromatic nitrogens is 2. The Hall–Kier alpha value is -1.81. The van der Waals surface area contributed by atoms with Gasteiger partial charge in [0.25, 0.3) is 0 Å². The number of hydrogen-bond donors (Lipinski definition) is 2. The van der Waals surface area contributed by atoms with E-state index in [4.69, 9.17) is 11.6 Å². The van der Waals surface area contributed by atoms with E-state index in [9.17, 15) is 19.8 Å². The number of halogens is 2. The summed E-state index contributed by atoms with van der Waals surface area (Å²) < 4.78 is 1.36. The van der Waals surface area contributed by atoms with Gasteiger partial charge >= 0.3 is 12.1 Å². The molecule has 1 aromatic heterocycles. The molecule has 0 aliphatic heterocycles. The molecule has 0 bridgehead atoms. The largest absolute Gasteiger partial charge is 0.480 e. The summed E-state index contributed by atoms with van der Waals surface area (Å²) in [5, 5.41) is 19.9. The number of carbonyl (C=O) groups is 2. The first kappa shape index (κ1) is 22.5. The van der Waals surface area contributed by atoms with Gasteiger partial charge in [-0.3, -0.25) is 4.90 Å². The van der Waals surface area contributed by atoms with Crippen LogP contribution in [0.15, 0.2) is 36.8 Å². The third-order valence-corrected chi connectivity index (χ3v) is 5.53. The molecule has 2 aromatic rings. The molecule has 0 aliphatic carbocycles. The van der Waals surface area contributed by atoms with Crippen LogP contribution in [-0.4, -0.2) is 46.8 Å². The van der Waals surface area contributed by atoms with Crippen LogP contribution in [0.3, 0.4) is 0 Å². The van der Waals surface area contributed by atoms with Crippen molar-refractivity contribution in [3.63, 3.8) is 0 Å². The van der Waals surface area contributed by atoms with Crippen LogP contribution in [0.4, 0.5) is 4.79 Å². The summed E-state index contributed by atoms with van der Waals surface area (Å²) in [4.78, 5) is 28.7. The molecule has 0 saturated carbocycles. The van der Waals surface area contributed by atoms with Gasteiger partial charge in [-0.05, 0) is 30.0 Å². The van der Waals surface area contributed by atoms with E-state index >= 15 is 0 Å². The molecule has 1 aromatic carbocycles. The van der Waals surface area contributed by atoms with Gasteiger partial charge < -0.3 is 14.8 Å². The first-order chi connectivity index (χ1) is 13.2. The SMILES string of the molecule is CC(C)CC(C(=O)O)N(C(=O)O)C(I)Cc1cncn1Cc1cccc(Cl)c1. The van der Waals surface area contributed by atoms with E-state index < -0.39 is 22.2 Å². The highest BCUT2D eigenvalue weighted by Gasteiger charge is 2.35. The molecule has 9 heteroatoms. The van der Waals surface area contributed by atoms with Crippen molar-refractivity contribution in [1.82, 2.24) is 14.5 Å². The molecule has 152 valence electrons. The van der Waals surface area contributed by atoms with Crippen molar-refractivity contribution in [2.24, 2.45) is 5.92 Å². The van der Waals surface area contributed by atoms with Gasteiger partial charge in [0.1, 0.15) is 6.04 Å². The van der Waals surface area contributed by atoms with Crippen LogP contribution in [0.2, 0.25) is 5.02 Å². The average molecular weight is 520 g/mol. The minimum atomic E-state index is -1.24. The average Bonchev–Trinajstić information content (AvgIpc) is 3.00. The predicted octanol–water partition coefficient (Wildman–Crippen LogP) is 4.37. The van der Waals surface area contributed by atoms with Crippen LogP contribution >= 0.6 is 34.2 Å². The zero-order valence-electron chi connectivity index (χ0n) is 15.6. The van der Waals surface area contributed by atoms with Crippen LogP contribution in [0.1, 0.15) is 31.5 Å². The van der Waals surface area contributed by atoms with Gasteiger partial charge in [-0.2, -0.15) is 0 Å². The molecule has 0 radical (unpaired) electrons. The lowest BCUT2D eigenvalue weighted by Crippen LogP contribution is -2.49. The highest BCUT2D eigenvalue weighted by atomic mass is 127. The molecule has 0 fully saturated rings. The normalized spacial score (nSPS) is 13.3. The van der Waals surface area contributed by atoms with Gasteiger partial charge in [0.2, 0.25) is 0 Å². The molecule has 2 unspecified atom stereocenters. The number of carboxylic acids is 1. The van der Waals surface area contributed by atoms with Crippen LogP contribution in [-0.2, 0) is 17.8 Å². The van der Waals surface area contributed by atoms with Crippen molar-refractivity contribution in [3.05, 3.63) is 53.1 Å². The summed E-state index contributed by atoms with van der Waals surface area (Å²) in [5.74, 6) is -1.08. The minimum Gasteiger partial charge on any atom is -0.480 e. The van der Waals surface area contributed by atoms with E-state index in [2.05, 4.69) is 4.98 Å². The Kier molecular flexibility index (Phi) is 8.11. The number of alkyl halides is 1. The molecular formula is C19H23ClIN3O4. The highest BCUT2D eigenvalue weighted by Crippen LogP contribution is 2.23. The van der Waals surface area contributed by atoms with Crippen molar-refractivity contribution in [2.75, 3.05) is 0 Å². The minimum absolute atomic E-state index is 0.0555. The number of amides is 1. The molecule has 0 spiro atoms. The molecule has 28 heavy (non-hydrogen) atoms. The molecular weight excluding hydrogens is 497 g/mol. The summed E-state index contributed by atoms with van der Waals surface area (Å²) in [5.41, 5.74) is 1.81. The third-order valence-electron chi connectivity index (χ3n) is 4.26. The molecule has 1 amide bonds. The van der Waals surface area contributed by atoms with E-state index in [1.807, 2.05) is 59.2 Å². The van der Waals surface area contributed by atoms with E-state index in [1.165, 1.54) is 0 Å². The summed E-state index contributed by atoms with van der Waals surface area (Å²) in [6.45, 7) is 4.29. The maximum atomic E-state index is 11.8. The van der Waals surface area contributed by atoms with Crippen molar-refractivity contribution in [1.29, 1.82) is 0 Å². The Bertz CT molecular complexity index is 827. The van der Waals surface area contributed by atoms with Gasteiger partial charge in [0.05, 0.1) is 10.4 Å². The monoisotopic (exact) mass is 519 g/mol. The molecule has 1 heterocycles. The Labute approximate surface area is 182 Å². The molecule has 0 saturated heterocycles. The molecule has 7 nitrogen and oxygen atoms in total. The smallest absolute Gasteiger partial charge is 0.408 e. The zero-order valence-corrected chi connectivity index (χ0v) is 18.5. The quantitative estimate of drug-likeness (QED) is 0.291. The van der Waals surface area contributed by atoms with E-state index in [0.717, 1.165) is 16.2 Å². The maximum absolute atomic E-state index is 11.8. The number of nitrogens with zero attached hydrogens (tertiary/aromatic N) is 3. The number of imidazole rings is 1. The second-order valence-corrected chi connectivity index (χ2v) is 8.83. The fourth-order valence-corrected chi connectivity index (χ4v) is 4.28. The molecule has 2 rings (SSSR count). The lowest BCUT2D eigenvalue weighted by atomic mass is 10.0. The van der Waals surface area contributed by atoms with Crippen LogP contribution in [0, 0.1) is 5.92 Å². The van der Waals surface area contributed by atoms with Gasteiger partial charge in [-0.1, -0.05) is 60.2 Å². The molecule has 2 atom stereocenters. The highest BCUT2D eigenvalue weighted by molar-refractivity contribution is 14.1. The van der Waals surface area contributed by atoms with Gasteiger partial charge in [-0.25, -0.2) is 14.6 Å². The van der Waals surface area contributed by atoms with Crippen molar-refractivity contribution >= 4 is 46.3 Å². The van der Waals surface area contributed by atoms with Crippen LogP contribution < -0.4 is 0 Å². The number of carboxylic acid groups (broad SMARTS) is 2. The lowest BCUT2D eigenvalue weighted by Gasteiger charge is -2.31. The first-order valence-electron chi connectivity index (χ1n) is 8.80. The van der Waals surface area contributed by atoms with E-state index in [1.54, 1.807) is 18.6 Å². The fraction of sp³-hybridized carbons (Fsp3) is 0.421. The van der Waals surface area contributed by atoms with Gasteiger partial charge in [-0.15, -0.1) is 0 Å². The predicted molar refractivity (Wildman–Crippen MR) is 115 cm³/mol. The summed E-state index contributed by atoms with van der Waals surface area (Å²) in [6, 6.07) is 6.38. The van der Waals surface area contributed by atoms with Crippen LogP contribution in [0.5, 0.6) is 0 Å². The summed E-state index contributed by atoms with van der Waals surface area (Å²) in [6.07, 6.45) is 2.70. The van der Waals surface area contributed by atoms with Crippen molar-refractivity contribution in [3.8, 4) is 0 Å². The maximum Gasteiger partial charge on any atom is 0.408 e. The Balaban J connectivity index is 2.20. The van der Waals surface area contributed by atoms with Gasteiger partial charge in [0, 0.05) is 29.9 Å². The van der Waals surface area contributed by atoms with E-state index in [-0.39, 0.29) is 12.3 Å². The third kappa shape index (κ3) is 6.10. The van der Waals surface area contributed by atoms with Gasteiger partial charge in [0.15, 0.2) is 0 Å². The van der Waals surface area contributed by atoms with Crippen molar-refractivity contribution < 1.29 is 19.8 Å². The number of benzene rings is 1. The number of hydrogen-bond acceptors (Lipinski definition) is 3. The second kappa shape index (κ2) is 10.1. The Morgan fingerprint density at radius 3 is 2.61 bits per heavy atom. The summed E-state index contributed by atoms with van der Waals surface area (Å²) >= 11 is 8.03. The Morgan fingerprint density at radius 2 is 2.04 bits per heavy atom. The molecule has 0 aliphatic rings. The van der Waals surface area contributed by atoms with Crippen LogP contribution in [0.25, 0.3) is 0 Å². The summed E-state index contributed by atoms with van der Waals surface area (Å²) in [7, 11) is 0. The number of rotatable bonds is 9. The zero-order chi connectivity index (χ0) is 20.8. The number of aliphatic carboxylic acids is 1. The lowest BCUT2D eigenvalue weighted by molar-refractivity contribution is -0.143. The second-order valence-electron chi connectivity index (χ2n) is 6.95. The van der Waals surface area contributed by atoms with E-state index in [0.29, 0.717) is 18.0 Å². The molecule has 2 N–H and O–H groups in total. The fourth-order valence-electron chi connectivity index (χ4n) is 2.99. The topological polar surface area (TPSA) is 95.7 Å². The first-order valence-corrected chi connectivity index (χ1v) is 10.4. The standard InChI is InChI=1S/C19H23ClIN3O4/c1-12(2)6-16(18(25)26)24(19(27)28)17(21)8-15-9-22-11-23(15)10-13-4-3-5-14(20)7-13/h3-5,7,9,11-12,16-17H,6,8,10H2,1-2H3,(H,25,26)(H,27,28).